The number of carbonyl (C=O) groups is 1. The van der Waals surface area contributed by atoms with Crippen LogP contribution in [0.15, 0.2) is 48.5 Å². The van der Waals surface area contributed by atoms with E-state index in [1.54, 1.807) is 13.2 Å². The van der Waals surface area contributed by atoms with Gasteiger partial charge >= 0.3 is 0 Å². The van der Waals surface area contributed by atoms with Crippen molar-refractivity contribution in [1.82, 2.24) is 9.80 Å². The van der Waals surface area contributed by atoms with Crippen LogP contribution in [-0.2, 0) is 11.3 Å². The molecule has 1 heterocycles. The number of carbonyl (C=O) groups excluding carboxylic acids is 1. The Hall–Kier alpha value is -2.44. The number of amides is 1. The summed E-state index contributed by atoms with van der Waals surface area (Å²) in [4.78, 5) is 16.6. The molecule has 0 radical (unpaired) electrons. The van der Waals surface area contributed by atoms with Crippen molar-refractivity contribution in [3.05, 3.63) is 65.5 Å². The minimum Gasteiger partial charge on any atom is -0.496 e. The largest absolute Gasteiger partial charge is 0.496 e. The van der Waals surface area contributed by atoms with Crippen LogP contribution in [0, 0.1) is 5.82 Å². The molecular weight excluding hydrogens is 345 g/mol. The van der Waals surface area contributed by atoms with Crippen LogP contribution >= 0.6 is 0 Å². The van der Waals surface area contributed by atoms with Gasteiger partial charge in [0.05, 0.1) is 7.11 Å². The lowest BCUT2D eigenvalue weighted by Crippen LogP contribution is -2.48. The molecule has 2 aromatic rings. The SMILES string of the molecule is COc1ccc(F)cc1CN1CCN(C(=O)CC(N)c2ccccc2)CC1. The number of methoxy groups -OCH3 is 1. The van der Waals surface area contributed by atoms with Gasteiger partial charge in [-0.25, -0.2) is 4.39 Å². The highest BCUT2D eigenvalue weighted by Gasteiger charge is 2.23. The van der Waals surface area contributed by atoms with Gasteiger partial charge < -0.3 is 15.4 Å². The summed E-state index contributed by atoms with van der Waals surface area (Å²) in [5.74, 6) is 0.493. The van der Waals surface area contributed by atoms with Gasteiger partial charge in [-0.15, -0.1) is 0 Å². The Balaban J connectivity index is 1.51. The van der Waals surface area contributed by atoms with E-state index in [9.17, 15) is 9.18 Å². The van der Waals surface area contributed by atoms with Gasteiger partial charge in [0, 0.05) is 50.7 Å². The quantitative estimate of drug-likeness (QED) is 0.848. The zero-order valence-electron chi connectivity index (χ0n) is 15.6. The zero-order chi connectivity index (χ0) is 19.2. The van der Waals surface area contributed by atoms with E-state index in [-0.39, 0.29) is 17.8 Å². The number of rotatable bonds is 6. The molecule has 0 saturated carbocycles. The molecule has 0 bridgehead atoms. The van der Waals surface area contributed by atoms with Gasteiger partial charge in [0.2, 0.25) is 5.91 Å². The second-order valence-corrected chi connectivity index (χ2v) is 6.83. The Morgan fingerprint density at radius 2 is 1.85 bits per heavy atom. The second-order valence-electron chi connectivity index (χ2n) is 6.83. The van der Waals surface area contributed by atoms with E-state index in [1.807, 2.05) is 35.2 Å². The molecule has 0 aliphatic carbocycles. The summed E-state index contributed by atoms with van der Waals surface area (Å²) in [6.45, 7) is 3.39. The van der Waals surface area contributed by atoms with Gasteiger partial charge in [-0.2, -0.15) is 0 Å². The predicted molar refractivity (Wildman–Crippen MR) is 103 cm³/mol. The summed E-state index contributed by atoms with van der Waals surface area (Å²) in [6.07, 6.45) is 0.307. The Morgan fingerprint density at radius 3 is 2.52 bits per heavy atom. The number of hydrogen-bond donors (Lipinski definition) is 1. The fraction of sp³-hybridized carbons (Fsp3) is 0.381. The van der Waals surface area contributed by atoms with Crippen molar-refractivity contribution in [3.63, 3.8) is 0 Å². The van der Waals surface area contributed by atoms with Crippen LogP contribution in [0.3, 0.4) is 0 Å². The molecule has 1 aliphatic heterocycles. The summed E-state index contributed by atoms with van der Waals surface area (Å²) in [5.41, 5.74) is 7.97. The fourth-order valence-electron chi connectivity index (χ4n) is 3.40. The monoisotopic (exact) mass is 371 g/mol. The molecule has 3 rings (SSSR count). The van der Waals surface area contributed by atoms with Crippen LogP contribution in [0.1, 0.15) is 23.6 Å². The molecule has 1 saturated heterocycles. The lowest BCUT2D eigenvalue weighted by atomic mass is 10.0. The topological polar surface area (TPSA) is 58.8 Å². The van der Waals surface area contributed by atoms with Crippen molar-refractivity contribution >= 4 is 5.91 Å². The van der Waals surface area contributed by atoms with Gasteiger partial charge in [0.25, 0.3) is 0 Å². The molecule has 1 fully saturated rings. The lowest BCUT2D eigenvalue weighted by Gasteiger charge is -2.35. The lowest BCUT2D eigenvalue weighted by molar-refractivity contribution is -0.133. The zero-order valence-corrected chi connectivity index (χ0v) is 15.6. The molecule has 5 nitrogen and oxygen atoms in total. The van der Waals surface area contributed by atoms with E-state index in [1.165, 1.54) is 12.1 Å². The molecule has 144 valence electrons. The summed E-state index contributed by atoms with van der Waals surface area (Å²) in [6, 6.07) is 14.0. The first-order valence-corrected chi connectivity index (χ1v) is 9.20. The van der Waals surface area contributed by atoms with E-state index in [0.717, 1.165) is 24.2 Å². The molecule has 27 heavy (non-hydrogen) atoms. The normalized spacial score (nSPS) is 16.2. The average molecular weight is 371 g/mol. The summed E-state index contributed by atoms with van der Waals surface area (Å²) >= 11 is 0. The molecule has 6 heteroatoms. The third kappa shape index (κ3) is 5.05. The van der Waals surface area contributed by atoms with Crippen LogP contribution in [0.4, 0.5) is 4.39 Å². The number of benzene rings is 2. The molecule has 1 unspecified atom stereocenters. The van der Waals surface area contributed by atoms with Crippen molar-refractivity contribution in [2.75, 3.05) is 33.3 Å². The second kappa shape index (κ2) is 8.97. The standard InChI is InChI=1S/C21H26FN3O2/c1-27-20-8-7-18(22)13-17(20)15-24-9-11-25(12-10-24)21(26)14-19(23)16-5-3-2-4-6-16/h2-8,13,19H,9-12,14-15,23H2,1H3. The first kappa shape index (κ1) is 19.3. The minimum absolute atomic E-state index is 0.0781. The number of hydrogen-bond acceptors (Lipinski definition) is 4. The van der Waals surface area contributed by atoms with Crippen LogP contribution in [0.5, 0.6) is 5.75 Å². The van der Waals surface area contributed by atoms with Gasteiger partial charge in [-0.3, -0.25) is 9.69 Å². The summed E-state index contributed by atoms with van der Waals surface area (Å²) in [5, 5.41) is 0. The minimum atomic E-state index is -0.284. The Bertz CT molecular complexity index is 761. The Morgan fingerprint density at radius 1 is 1.15 bits per heavy atom. The average Bonchev–Trinajstić information content (AvgIpc) is 2.69. The van der Waals surface area contributed by atoms with Gasteiger partial charge in [-0.1, -0.05) is 30.3 Å². The maximum absolute atomic E-state index is 13.5. The highest BCUT2D eigenvalue weighted by Crippen LogP contribution is 2.22. The van der Waals surface area contributed by atoms with Crippen molar-refractivity contribution < 1.29 is 13.9 Å². The molecule has 0 spiro atoms. The van der Waals surface area contributed by atoms with Crippen molar-refractivity contribution in [1.29, 1.82) is 0 Å². The van der Waals surface area contributed by atoms with Crippen LogP contribution in [0.25, 0.3) is 0 Å². The van der Waals surface area contributed by atoms with E-state index in [0.29, 0.717) is 31.8 Å². The molecule has 0 aromatic heterocycles. The van der Waals surface area contributed by atoms with E-state index in [4.69, 9.17) is 10.5 Å². The van der Waals surface area contributed by atoms with E-state index >= 15 is 0 Å². The highest BCUT2D eigenvalue weighted by molar-refractivity contribution is 5.77. The van der Waals surface area contributed by atoms with E-state index < -0.39 is 0 Å². The number of nitrogens with two attached hydrogens (primary N) is 1. The van der Waals surface area contributed by atoms with Crippen molar-refractivity contribution in [2.45, 2.75) is 19.0 Å². The Labute approximate surface area is 159 Å². The van der Waals surface area contributed by atoms with Crippen LogP contribution in [-0.4, -0.2) is 49.0 Å². The number of ether oxygens (including phenoxy) is 1. The molecule has 2 N–H and O–H groups in total. The molecule has 1 amide bonds. The van der Waals surface area contributed by atoms with Gasteiger partial charge in [0.1, 0.15) is 11.6 Å². The highest BCUT2D eigenvalue weighted by atomic mass is 19.1. The summed E-state index contributed by atoms with van der Waals surface area (Å²) in [7, 11) is 1.59. The number of halogens is 1. The fourth-order valence-corrected chi connectivity index (χ4v) is 3.40. The predicted octanol–water partition coefficient (Wildman–Crippen LogP) is 2.57. The van der Waals surface area contributed by atoms with E-state index in [2.05, 4.69) is 4.90 Å². The third-order valence-corrected chi connectivity index (χ3v) is 4.98. The maximum Gasteiger partial charge on any atom is 0.224 e. The summed E-state index contributed by atoms with van der Waals surface area (Å²) < 4.78 is 18.8. The molecule has 1 aliphatic rings. The number of piperazine rings is 1. The smallest absolute Gasteiger partial charge is 0.224 e. The number of nitrogens with zero attached hydrogens (tertiary/aromatic N) is 2. The van der Waals surface area contributed by atoms with Crippen LogP contribution < -0.4 is 10.5 Å². The van der Waals surface area contributed by atoms with Crippen LogP contribution in [0.2, 0.25) is 0 Å². The molecule has 1 atom stereocenters. The maximum atomic E-state index is 13.5. The molecular formula is C21H26FN3O2. The first-order chi connectivity index (χ1) is 13.1. The molecule has 2 aromatic carbocycles. The third-order valence-electron chi connectivity index (χ3n) is 4.98. The Kier molecular flexibility index (Phi) is 6.42. The van der Waals surface area contributed by atoms with Gasteiger partial charge in [0.15, 0.2) is 0 Å². The van der Waals surface area contributed by atoms with Gasteiger partial charge in [-0.05, 0) is 23.8 Å². The first-order valence-electron chi connectivity index (χ1n) is 9.20. The van der Waals surface area contributed by atoms with Crippen molar-refractivity contribution in [2.24, 2.45) is 5.73 Å². The van der Waals surface area contributed by atoms with Crippen molar-refractivity contribution in [3.8, 4) is 5.75 Å².